The van der Waals surface area contributed by atoms with Crippen molar-refractivity contribution < 1.29 is 9.90 Å². The van der Waals surface area contributed by atoms with Gasteiger partial charge in [-0.1, -0.05) is 11.3 Å². The van der Waals surface area contributed by atoms with Crippen LogP contribution in [0.25, 0.3) is 0 Å². The smallest absolute Gasteiger partial charge is 0.354 e. The summed E-state index contributed by atoms with van der Waals surface area (Å²) in [6.07, 6.45) is 1.40. The van der Waals surface area contributed by atoms with Crippen LogP contribution in [-0.4, -0.2) is 31.2 Å². The van der Waals surface area contributed by atoms with E-state index < -0.39 is 5.97 Å². The molecule has 0 saturated carbocycles. The van der Waals surface area contributed by atoms with Gasteiger partial charge >= 0.3 is 5.97 Å². The van der Waals surface area contributed by atoms with Crippen LogP contribution in [0.2, 0.25) is 0 Å². The average molecular weight is 240 g/mol. The molecule has 2 aromatic heterocycles. The van der Waals surface area contributed by atoms with Crippen LogP contribution < -0.4 is 0 Å². The molecule has 76 valence electrons. The van der Waals surface area contributed by atoms with E-state index >= 15 is 0 Å². The van der Waals surface area contributed by atoms with Crippen molar-refractivity contribution in [3.05, 3.63) is 23.5 Å². The van der Waals surface area contributed by atoms with E-state index in [9.17, 15) is 4.79 Å². The molecule has 0 atom stereocenters. The molecule has 2 heterocycles. The van der Waals surface area contributed by atoms with Crippen molar-refractivity contribution in [3.63, 3.8) is 0 Å². The van der Waals surface area contributed by atoms with Crippen LogP contribution >= 0.6 is 23.1 Å². The third-order valence-corrected chi connectivity index (χ3v) is 3.03. The normalized spacial score (nSPS) is 10.1. The van der Waals surface area contributed by atoms with Gasteiger partial charge in [0.1, 0.15) is 5.51 Å². The molecule has 6 nitrogen and oxygen atoms in total. The summed E-state index contributed by atoms with van der Waals surface area (Å²) in [7, 11) is 0. The summed E-state index contributed by atoms with van der Waals surface area (Å²) in [5.74, 6) is -1.07. The SMILES string of the molecule is O=C(O)c1ccnc(Sc2nncs2)n1. The monoisotopic (exact) mass is 240 g/mol. The fourth-order valence-corrected chi connectivity index (χ4v) is 2.12. The zero-order chi connectivity index (χ0) is 10.7. The maximum atomic E-state index is 10.6. The molecule has 0 saturated heterocycles. The number of aromatic carboxylic acids is 1. The molecule has 0 aliphatic carbocycles. The van der Waals surface area contributed by atoms with Gasteiger partial charge in [0.25, 0.3) is 0 Å². The second kappa shape index (κ2) is 4.32. The molecule has 1 N–H and O–H groups in total. The summed E-state index contributed by atoms with van der Waals surface area (Å²) in [6.45, 7) is 0. The summed E-state index contributed by atoms with van der Waals surface area (Å²) in [6, 6.07) is 1.34. The van der Waals surface area contributed by atoms with Crippen LogP contribution in [0.3, 0.4) is 0 Å². The Bertz CT molecular complexity index is 474. The van der Waals surface area contributed by atoms with Gasteiger partial charge in [-0.3, -0.25) is 0 Å². The molecule has 0 bridgehead atoms. The van der Waals surface area contributed by atoms with E-state index in [1.165, 1.54) is 35.4 Å². The summed E-state index contributed by atoms with van der Waals surface area (Å²) < 4.78 is 0.678. The van der Waals surface area contributed by atoms with Crippen LogP contribution in [0.4, 0.5) is 0 Å². The van der Waals surface area contributed by atoms with Gasteiger partial charge in [0.2, 0.25) is 0 Å². The van der Waals surface area contributed by atoms with Crippen LogP contribution in [0.15, 0.2) is 27.3 Å². The zero-order valence-corrected chi connectivity index (χ0v) is 8.83. The Balaban J connectivity index is 2.22. The minimum absolute atomic E-state index is 0.0305. The number of rotatable bonds is 3. The Morgan fingerprint density at radius 2 is 2.40 bits per heavy atom. The highest BCUT2D eigenvalue weighted by atomic mass is 32.2. The molecular formula is C7H4N4O2S2. The third kappa shape index (κ3) is 2.48. The van der Waals surface area contributed by atoms with E-state index in [0.29, 0.717) is 9.50 Å². The van der Waals surface area contributed by atoms with Gasteiger partial charge < -0.3 is 5.11 Å². The van der Waals surface area contributed by atoms with Gasteiger partial charge in [-0.15, -0.1) is 10.2 Å². The molecule has 15 heavy (non-hydrogen) atoms. The van der Waals surface area contributed by atoms with E-state index in [4.69, 9.17) is 5.11 Å². The van der Waals surface area contributed by atoms with Crippen molar-refractivity contribution in [1.29, 1.82) is 0 Å². The number of hydrogen-bond acceptors (Lipinski definition) is 7. The van der Waals surface area contributed by atoms with E-state index in [-0.39, 0.29) is 5.69 Å². The molecule has 2 aromatic rings. The average Bonchev–Trinajstić information content (AvgIpc) is 2.71. The number of hydrogen-bond donors (Lipinski definition) is 1. The fraction of sp³-hybridized carbons (Fsp3) is 0. The molecule has 0 amide bonds. The lowest BCUT2D eigenvalue weighted by Crippen LogP contribution is -2.01. The first-order valence-electron chi connectivity index (χ1n) is 3.76. The zero-order valence-electron chi connectivity index (χ0n) is 7.19. The molecule has 0 spiro atoms. The summed E-state index contributed by atoms with van der Waals surface area (Å²) in [5.41, 5.74) is 1.56. The van der Waals surface area contributed by atoms with Crippen LogP contribution in [-0.2, 0) is 0 Å². The molecule has 0 aromatic carbocycles. The van der Waals surface area contributed by atoms with E-state index in [2.05, 4.69) is 20.2 Å². The predicted molar refractivity (Wildman–Crippen MR) is 53.0 cm³/mol. The fourth-order valence-electron chi connectivity index (χ4n) is 0.795. The first kappa shape index (κ1) is 9.99. The van der Waals surface area contributed by atoms with E-state index in [0.717, 1.165) is 0 Å². The number of carbonyl (C=O) groups is 1. The highest BCUT2D eigenvalue weighted by molar-refractivity contribution is 8.00. The largest absolute Gasteiger partial charge is 0.477 e. The minimum atomic E-state index is -1.07. The lowest BCUT2D eigenvalue weighted by molar-refractivity contribution is 0.0689. The maximum absolute atomic E-state index is 10.6. The van der Waals surface area contributed by atoms with E-state index in [1.54, 1.807) is 5.51 Å². The molecule has 0 aliphatic rings. The van der Waals surface area contributed by atoms with Crippen molar-refractivity contribution in [2.75, 3.05) is 0 Å². The van der Waals surface area contributed by atoms with Crippen molar-refractivity contribution in [2.45, 2.75) is 9.50 Å². The number of nitrogens with zero attached hydrogens (tertiary/aromatic N) is 4. The van der Waals surface area contributed by atoms with Gasteiger partial charge in [-0.25, -0.2) is 14.8 Å². The highest BCUT2D eigenvalue weighted by Crippen LogP contribution is 2.24. The Hall–Kier alpha value is -1.54. The van der Waals surface area contributed by atoms with Crippen molar-refractivity contribution in [2.24, 2.45) is 0 Å². The number of carboxylic acid groups (broad SMARTS) is 1. The van der Waals surface area contributed by atoms with E-state index in [1.807, 2.05) is 0 Å². The first-order valence-corrected chi connectivity index (χ1v) is 5.45. The highest BCUT2D eigenvalue weighted by Gasteiger charge is 2.08. The second-order valence-electron chi connectivity index (χ2n) is 2.34. The van der Waals surface area contributed by atoms with Crippen molar-refractivity contribution in [3.8, 4) is 0 Å². The maximum Gasteiger partial charge on any atom is 0.354 e. The summed E-state index contributed by atoms with van der Waals surface area (Å²) >= 11 is 2.53. The van der Waals surface area contributed by atoms with Crippen molar-refractivity contribution in [1.82, 2.24) is 20.2 Å². The lowest BCUT2D eigenvalue weighted by Gasteiger charge is -1.96. The van der Waals surface area contributed by atoms with Crippen LogP contribution in [0, 0.1) is 0 Å². The summed E-state index contributed by atoms with van der Waals surface area (Å²) in [5, 5.41) is 16.5. The summed E-state index contributed by atoms with van der Waals surface area (Å²) in [4.78, 5) is 18.4. The van der Waals surface area contributed by atoms with Gasteiger partial charge in [0.15, 0.2) is 15.2 Å². The second-order valence-corrected chi connectivity index (χ2v) is 4.38. The molecule has 0 radical (unpaired) electrons. The first-order chi connectivity index (χ1) is 7.25. The van der Waals surface area contributed by atoms with Gasteiger partial charge in [0.05, 0.1) is 0 Å². The van der Waals surface area contributed by atoms with Crippen LogP contribution in [0.1, 0.15) is 10.5 Å². The Morgan fingerprint density at radius 1 is 1.53 bits per heavy atom. The predicted octanol–water partition coefficient (Wildman–Crippen LogP) is 1.18. The standard InChI is InChI=1S/C7H4N4O2S2/c12-5(13)4-1-2-8-6(10-4)15-7-11-9-3-14-7/h1-3H,(H,12,13). The van der Waals surface area contributed by atoms with Gasteiger partial charge in [-0.2, -0.15) is 0 Å². The molecule has 0 aliphatic heterocycles. The van der Waals surface area contributed by atoms with Gasteiger partial charge in [0, 0.05) is 6.20 Å². The van der Waals surface area contributed by atoms with Crippen LogP contribution in [0.5, 0.6) is 0 Å². The molecule has 0 fully saturated rings. The Labute approximate surface area is 92.4 Å². The molecule has 8 heteroatoms. The lowest BCUT2D eigenvalue weighted by atomic mass is 10.4. The van der Waals surface area contributed by atoms with Crippen molar-refractivity contribution >= 4 is 29.1 Å². The Kier molecular flexibility index (Phi) is 2.88. The third-order valence-electron chi connectivity index (χ3n) is 1.37. The quantitative estimate of drug-likeness (QED) is 0.805. The molecular weight excluding hydrogens is 236 g/mol. The number of carboxylic acids is 1. The number of aromatic nitrogens is 4. The minimum Gasteiger partial charge on any atom is -0.477 e. The van der Waals surface area contributed by atoms with Gasteiger partial charge in [-0.05, 0) is 17.8 Å². The molecule has 2 rings (SSSR count). The topological polar surface area (TPSA) is 88.9 Å². The molecule has 0 unspecified atom stereocenters. The Morgan fingerprint density at radius 3 is 3.07 bits per heavy atom.